The van der Waals surface area contributed by atoms with Gasteiger partial charge in [0.1, 0.15) is 34.3 Å². The van der Waals surface area contributed by atoms with Gasteiger partial charge in [-0.1, -0.05) is 35.9 Å². The third-order valence-corrected chi connectivity index (χ3v) is 7.95. The van der Waals surface area contributed by atoms with E-state index < -0.39 is 45.6 Å². The first kappa shape index (κ1) is 31.0. The molecule has 6 aromatic rings. The summed E-state index contributed by atoms with van der Waals surface area (Å²) in [6, 6.07) is 19.5. The van der Waals surface area contributed by atoms with Gasteiger partial charge in [-0.2, -0.15) is 0 Å². The van der Waals surface area contributed by atoms with Crippen molar-refractivity contribution < 1.29 is 19.8 Å². The number of pyridine rings is 4. The van der Waals surface area contributed by atoms with Crippen LogP contribution in [0.15, 0.2) is 88.6 Å². The minimum Gasteiger partial charge on any atom is -0.506 e. The van der Waals surface area contributed by atoms with E-state index >= 15 is 0 Å². The average Bonchev–Trinajstić information content (AvgIpc) is 3.06. The second-order valence-electron chi connectivity index (χ2n) is 10.5. The molecule has 0 aliphatic carbocycles. The molecule has 0 unspecified atom stereocenters. The van der Waals surface area contributed by atoms with E-state index in [2.05, 4.69) is 20.6 Å². The fourth-order valence-electron chi connectivity index (χ4n) is 5.50. The Morgan fingerprint density at radius 1 is 0.745 bits per heavy atom. The largest absolute Gasteiger partial charge is 0.506 e. The van der Waals surface area contributed by atoms with Crippen LogP contribution in [-0.4, -0.2) is 41.1 Å². The molecule has 0 radical (unpaired) electrons. The normalized spacial score (nSPS) is 11.1. The molecule has 6 rings (SSSR count). The number of para-hydroxylation sites is 1. The molecule has 0 fully saturated rings. The molecule has 236 valence electrons. The van der Waals surface area contributed by atoms with Crippen LogP contribution in [0.25, 0.3) is 33.1 Å². The maximum Gasteiger partial charge on any atom is 0.267 e. The number of carbonyl (C=O) groups excluding carboxylic acids is 2. The number of aromatic hydroxyl groups is 2. The SMILES string of the molecule is CCn1c(=O)c(C(=O)Nc2ccc(Cl)cn2)c(O)c2cc(-c3cccc(NC(=O)c4c(O)c5ccccc5n(CC)c4=O)n3)ccc21. The van der Waals surface area contributed by atoms with Crippen molar-refractivity contribution >= 4 is 56.9 Å². The molecule has 0 bridgehead atoms. The molecular formula is C34H27ClN6O6. The van der Waals surface area contributed by atoms with Gasteiger partial charge in [-0.05, 0) is 62.4 Å². The summed E-state index contributed by atoms with van der Waals surface area (Å²) in [7, 11) is 0. The monoisotopic (exact) mass is 650 g/mol. The summed E-state index contributed by atoms with van der Waals surface area (Å²) in [5.41, 5.74) is -0.426. The fraction of sp³-hybridized carbons (Fsp3) is 0.118. The van der Waals surface area contributed by atoms with E-state index in [-0.39, 0.29) is 30.1 Å². The van der Waals surface area contributed by atoms with E-state index in [1.807, 2.05) is 0 Å². The lowest BCUT2D eigenvalue weighted by Crippen LogP contribution is -2.29. The zero-order valence-corrected chi connectivity index (χ0v) is 25.9. The van der Waals surface area contributed by atoms with Crippen molar-refractivity contribution in [1.82, 2.24) is 19.1 Å². The molecule has 2 amide bonds. The number of rotatable bonds is 7. The van der Waals surface area contributed by atoms with Crippen molar-refractivity contribution in [2.45, 2.75) is 26.9 Å². The Morgan fingerprint density at radius 2 is 1.36 bits per heavy atom. The van der Waals surface area contributed by atoms with E-state index in [9.17, 15) is 29.4 Å². The summed E-state index contributed by atoms with van der Waals surface area (Å²) in [4.78, 5) is 61.6. The molecule has 0 saturated heterocycles. The van der Waals surface area contributed by atoms with Gasteiger partial charge >= 0.3 is 0 Å². The zero-order valence-electron chi connectivity index (χ0n) is 25.1. The van der Waals surface area contributed by atoms with E-state index in [4.69, 9.17) is 11.6 Å². The number of fused-ring (bicyclic) bond motifs is 2. The van der Waals surface area contributed by atoms with E-state index in [1.54, 1.807) is 68.4 Å². The molecule has 12 nitrogen and oxygen atoms in total. The molecule has 13 heteroatoms. The van der Waals surface area contributed by atoms with Crippen molar-refractivity contribution in [3.63, 3.8) is 0 Å². The molecule has 0 saturated carbocycles. The van der Waals surface area contributed by atoms with Crippen molar-refractivity contribution in [2.24, 2.45) is 0 Å². The van der Waals surface area contributed by atoms with Crippen molar-refractivity contribution in [1.29, 1.82) is 0 Å². The minimum absolute atomic E-state index is 0.0980. The molecule has 47 heavy (non-hydrogen) atoms. The number of halogens is 1. The van der Waals surface area contributed by atoms with Gasteiger partial charge in [0.2, 0.25) is 0 Å². The van der Waals surface area contributed by atoms with E-state index in [0.29, 0.717) is 32.7 Å². The number of hydrogen-bond acceptors (Lipinski definition) is 8. The molecule has 0 aliphatic rings. The maximum absolute atomic E-state index is 13.3. The number of nitrogens with zero attached hydrogens (tertiary/aromatic N) is 4. The first-order chi connectivity index (χ1) is 22.6. The Morgan fingerprint density at radius 3 is 2.00 bits per heavy atom. The van der Waals surface area contributed by atoms with Gasteiger partial charge in [-0.25, -0.2) is 9.97 Å². The van der Waals surface area contributed by atoms with Gasteiger partial charge in [0, 0.05) is 35.6 Å². The average molecular weight is 651 g/mol. The van der Waals surface area contributed by atoms with Crippen LogP contribution in [-0.2, 0) is 13.1 Å². The number of aromatic nitrogens is 4. The number of amides is 2. The number of nitrogens with one attached hydrogen (secondary N) is 2. The standard InChI is InChI=1S/C34H27ClN6O6/c1-3-40-23-10-6-5-8-20(23)29(42)27(33(40)46)32(45)39-26-11-7-9-22(37-26)18-12-14-24-21(16-18)30(43)28(34(47)41(24)4-2)31(44)38-25-15-13-19(35)17-36-25/h5-17,42-43H,3-4H2,1-2H3,(H,36,38,44)(H,37,39,45). The molecular weight excluding hydrogens is 624 g/mol. The van der Waals surface area contributed by atoms with Crippen LogP contribution in [0.5, 0.6) is 11.5 Å². The third kappa shape index (κ3) is 5.55. The molecule has 0 atom stereocenters. The zero-order chi connectivity index (χ0) is 33.4. The molecule has 4 aromatic heterocycles. The quantitative estimate of drug-likeness (QED) is 0.178. The molecule has 4 N–H and O–H groups in total. The first-order valence-electron chi connectivity index (χ1n) is 14.6. The molecule has 2 aromatic carbocycles. The number of hydrogen-bond donors (Lipinski definition) is 4. The summed E-state index contributed by atoms with van der Waals surface area (Å²) in [5, 5.41) is 28.2. The highest BCUT2D eigenvalue weighted by atomic mass is 35.5. The van der Waals surface area contributed by atoms with Crippen molar-refractivity contribution in [3.8, 4) is 22.8 Å². The Hall–Kier alpha value is -6.01. The topological polar surface area (TPSA) is 168 Å². The van der Waals surface area contributed by atoms with Crippen molar-refractivity contribution in [3.05, 3.63) is 116 Å². The van der Waals surface area contributed by atoms with Crippen LogP contribution in [0, 0.1) is 0 Å². The van der Waals surface area contributed by atoms with Crippen LogP contribution >= 0.6 is 11.6 Å². The summed E-state index contributed by atoms with van der Waals surface area (Å²) in [6.45, 7) is 4.01. The Bertz CT molecular complexity index is 2350. The van der Waals surface area contributed by atoms with E-state index in [1.165, 1.54) is 33.5 Å². The van der Waals surface area contributed by atoms with Gasteiger partial charge in [-0.15, -0.1) is 0 Å². The summed E-state index contributed by atoms with van der Waals surface area (Å²) in [6.07, 6.45) is 1.34. The predicted molar refractivity (Wildman–Crippen MR) is 179 cm³/mol. The minimum atomic E-state index is -0.848. The highest BCUT2D eigenvalue weighted by Crippen LogP contribution is 2.32. The van der Waals surface area contributed by atoms with Gasteiger partial charge in [0.15, 0.2) is 0 Å². The Balaban J connectivity index is 1.37. The molecule has 4 heterocycles. The second-order valence-corrected chi connectivity index (χ2v) is 10.9. The molecule has 0 spiro atoms. The summed E-state index contributed by atoms with van der Waals surface area (Å²) in [5.74, 6) is -2.39. The second kappa shape index (κ2) is 12.4. The predicted octanol–water partition coefficient (Wildman–Crippen LogP) is 5.38. The van der Waals surface area contributed by atoms with Crippen LogP contribution in [0.4, 0.5) is 11.6 Å². The Kier molecular flexibility index (Phi) is 8.18. The fourth-order valence-corrected chi connectivity index (χ4v) is 5.61. The smallest absolute Gasteiger partial charge is 0.267 e. The van der Waals surface area contributed by atoms with Gasteiger partial charge in [-0.3, -0.25) is 19.2 Å². The van der Waals surface area contributed by atoms with Crippen LogP contribution in [0.1, 0.15) is 34.6 Å². The van der Waals surface area contributed by atoms with Crippen molar-refractivity contribution in [2.75, 3.05) is 10.6 Å². The lowest BCUT2D eigenvalue weighted by molar-refractivity contribution is 0.101. The molecule has 0 aliphatic heterocycles. The van der Waals surface area contributed by atoms with Crippen LogP contribution in [0.2, 0.25) is 5.02 Å². The number of benzene rings is 2. The van der Waals surface area contributed by atoms with Gasteiger partial charge in [0.05, 0.1) is 21.7 Å². The first-order valence-corrected chi connectivity index (χ1v) is 15.0. The number of carbonyl (C=O) groups is 2. The van der Waals surface area contributed by atoms with Gasteiger partial charge < -0.3 is 30.0 Å². The number of anilines is 2. The highest BCUT2D eigenvalue weighted by Gasteiger charge is 2.24. The highest BCUT2D eigenvalue weighted by molar-refractivity contribution is 6.30. The third-order valence-electron chi connectivity index (χ3n) is 7.73. The number of aryl methyl sites for hydroxylation is 2. The van der Waals surface area contributed by atoms with Crippen LogP contribution in [0.3, 0.4) is 0 Å². The van der Waals surface area contributed by atoms with E-state index in [0.717, 1.165) is 0 Å². The van der Waals surface area contributed by atoms with Gasteiger partial charge in [0.25, 0.3) is 22.9 Å². The summed E-state index contributed by atoms with van der Waals surface area (Å²) >= 11 is 5.87. The lowest BCUT2D eigenvalue weighted by Gasteiger charge is -2.15. The lowest BCUT2D eigenvalue weighted by atomic mass is 10.0. The Labute approximate surface area is 271 Å². The van der Waals surface area contributed by atoms with Crippen LogP contribution < -0.4 is 21.8 Å². The summed E-state index contributed by atoms with van der Waals surface area (Å²) < 4.78 is 2.78. The maximum atomic E-state index is 13.3.